The Morgan fingerprint density at radius 1 is 1.44 bits per heavy atom. The molecule has 1 saturated heterocycles. The Kier molecular flexibility index (Phi) is 2.76. The molecule has 0 aromatic heterocycles. The number of nitrogens with zero attached hydrogens (tertiary/aromatic N) is 1. The van der Waals surface area contributed by atoms with E-state index in [0.29, 0.717) is 24.4 Å². The molecule has 1 aromatic carbocycles. The van der Waals surface area contributed by atoms with Gasteiger partial charge in [-0.3, -0.25) is 9.69 Å². The molecule has 1 heterocycles. The SMILES string of the molecule is COc1ccccc1C(=O)N1CCNC1=O. The Labute approximate surface area is 93.0 Å². The van der Waals surface area contributed by atoms with E-state index in [1.54, 1.807) is 24.3 Å². The molecule has 1 aliphatic rings. The highest BCUT2D eigenvalue weighted by Gasteiger charge is 2.28. The summed E-state index contributed by atoms with van der Waals surface area (Å²) in [6.07, 6.45) is 0. The van der Waals surface area contributed by atoms with E-state index in [0.717, 1.165) is 0 Å². The smallest absolute Gasteiger partial charge is 0.324 e. The topological polar surface area (TPSA) is 58.6 Å². The predicted octanol–water partition coefficient (Wildman–Crippen LogP) is 0.861. The molecular weight excluding hydrogens is 208 g/mol. The van der Waals surface area contributed by atoms with Gasteiger partial charge >= 0.3 is 6.03 Å². The van der Waals surface area contributed by atoms with E-state index in [1.807, 2.05) is 0 Å². The molecule has 0 radical (unpaired) electrons. The Hall–Kier alpha value is -2.04. The largest absolute Gasteiger partial charge is 0.496 e. The van der Waals surface area contributed by atoms with E-state index in [2.05, 4.69) is 5.32 Å². The minimum atomic E-state index is -0.351. The van der Waals surface area contributed by atoms with Crippen molar-refractivity contribution in [1.29, 1.82) is 0 Å². The fourth-order valence-corrected chi connectivity index (χ4v) is 1.63. The van der Waals surface area contributed by atoms with Gasteiger partial charge in [0, 0.05) is 13.1 Å². The molecule has 0 unspecified atom stereocenters. The molecule has 1 aromatic rings. The van der Waals surface area contributed by atoms with E-state index >= 15 is 0 Å². The molecule has 1 fully saturated rings. The second-order valence-corrected chi connectivity index (χ2v) is 3.39. The van der Waals surface area contributed by atoms with Gasteiger partial charge in [-0.1, -0.05) is 12.1 Å². The highest BCUT2D eigenvalue weighted by molar-refractivity contribution is 6.06. The van der Waals surface area contributed by atoms with Crippen molar-refractivity contribution in [1.82, 2.24) is 10.2 Å². The molecule has 0 aliphatic carbocycles. The second kappa shape index (κ2) is 4.22. The number of imide groups is 1. The Balaban J connectivity index is 2.30. The zero-order valence-electron chi connectivity index (χ0n) is 8.90. The number of carbonyl (C=O) groups excluding carboxylic acids is 2. The quantitative estimate of drug-likeness (QED) is 0.804. The number of carbonyl (C=O) groups is 2. The zero-order valence-corrected chi connectivity index (χ0v) is 8.90. The van der Waals surface area contributed by atoms with Crippen LogP contribution < -0.4 is 10.1 Å². The summed E-state index contributed by atoms with van der Waals surface area (Å²) in [5, 5.41) is 2.58. The first kappa shape index (κ1) is 10.5. The number of benzene rings is 1. The molecule has 0 spiro atoms. The molecule has 3 amide bonds. The summed E-state index contributed by atoms with van der Waals surface area (Å²) < 4.78 is 5.08. The number of para-hydroxylation sites is 1. The maximum absolute atomic E-state index is 12.0. The van der Waals surface area contributed by atoms with E-state index in [4.69, 9.17) is 4.74 Å². The normalized spacial score (nSPS) is 14.8. The number of methoxy groups -OCH3 is 1. The number of ether oxygens (including phenoxy) is 1. The monoisotopic (exact) mass is 220 g/mol. The molecule has 0 atom stereocenters. The van der Waals surface area contributed by atoms with Crippen LogP contribution in [0, 0.1) is 0 Å². The van der Waals surface area contributed by atoms with E-state index < -0.39 is 0 Å². The Morgan fingerprint density at radius 3 is 2.81 bits per heavy atom. The lowest BCUT2D eigenvalue weighted by Crippen LogP contribution is -2.34. The summed E-state index contributed by atoms with van der Waals surface area (Å²) in [5.74, 6) is 0.152. The van der Waals surface area contributed by atoms with Crippen molar-refractivity contribution in [3.63, 3.8) is 0 Å². The maximum atomic E-state index is 12.0. The number of nitrogens with one attached hydrogen (secondary N) is 1. The molecule has 5 heteroatoms. The summed E-state index contributed by atoms with van der Waals surface area (Å²) in [6, 6.07) is 6.51. The number of rotatable bonds is 2. The van der Waals surface area contributed by atoms with Crippen LogP contribution in [0.25, 0.3) is 0 Å². The molecule has 0 saturated carbocycles. The van der Waals surface area contributed by atoms with Crippen LogP contribution in [0.2, 0.25) is 0 Å². The van der Waals surface area contributed by atoms with Gasteiger partial charge in [0.1, 0.15) is 5.75 Å². The van der Waals surface area contributed by atoms with Crippen molar-refractivity contribution < 1.29 is 14.3 Å². The van der Waals surface area contributed by atoms with Crippen LogP contribution in [0.4, 0.5) is 4.79 Å². The lowest BCUT2D eigenvalue weighted by molar-refractivity contribution is 0.0826. The molecule has 5 nitrogen and oxygen atoms in total. The number of amides is 3. The van der Waals surface area contributed by atoms with Crippen molar-refractivity contribution in [2.45, 2.75) is 0 Å². The Bertz CT molecular complexity index is 431. The maximum Gasteiger partial charge on any atom is 0.324 e. The third-order valence-corrected chi connectivity index (χ3v) is 2.44. The minimum Gasteiger partial charge on any atom is -0.496 e. The van der Waals surface area contributed by atoms with Crippen molar-refractivity contribution >= 4 is 11.9 Å². The number of hydrogen-bond acceptors (Lipinski definition) is 3. The lowest BCUT2D eigenvalue weighted by atomic mass is 10.2. The van der Waals surface area contributed by atoms with E-state index in [-0.39, 0.29) is 11.9 Å². The standard InChI is InChI=1S/C11H12N2O3/c1-16-9-5-3-2-4-8(9)10(14)13-7-6-12-11(13)15/h2-5H,6-7H2,1H3,(H,12,15). The van der Waals surface area contributed by atoms with Gasteiger partial charge in [0.15, 0.2) is 0 Å². The molecule has 1 aliphatic heterocycles. The first-order valence-electron chi connectivity index (χ1n) is 4.96. The minimum absolute atomic E-state index is 0.326. The fraction of sp³-hybridized carbons (Fsp3) is 0.273. The number of hydrogen-bond donors (Lipinski definition) is 1. The van der Waals surface area contributed by atoms with Gasteiger partial charge in [-0.25, -0.2) is 4.79 Å². The van der Waals surface area contributed by atoms with Crippen LogP contribution in [0.3, 0.4) is 0 Å². The second-order valence-electron chi connectivity index (χ2n) is 3.39. The third kappa shape index (κ3) is 1.71. The van der Waals surface area contributed by atoms with Crippen molar-refractivity contribution in [3.05, 3.63) is 29.8 Å². The zero-order chi connectivity index (χ0) is 11.5. The third-order valence-electron chi connectivity index (χ3n) is 2.44. The average molecular weight is 220 g/mol. The molecule has 16 heavy (non-hydrogen) atoms. The van der Waals surface area contributed by atoms with Gasteiger partial charge in [-0.15, -0.1) is 0 Å². The van der Waals surface area contributed by atoms with Crippen LogP contribution in [0.1, 0.15) is 10.4 Å². The number of urea groups is 1. The predicted molar refractivity (Wildman–Crippen MR) is 57.4 cm³/mol. The van der Waals surface area contributed by atoms with Crippen LogP contribution in [-0.2, 0) is 0 Å². The summed E-state index contributed by atoms with van der Waals surface area (Å²) in [6.45, 7) is 0.898. The van der Waals surface area contributed by atoms with Crippen LogP contribution in [0.5, 0.6) is 5.75 Å². The molecule has 1 N–H and O–H groups in total. The summed E-state index contributed by atoms with van der Waals surface area (Å²) in [7, 11) is 1.50. The van der Waals surface area contributed by atoms with Crippen molar-refractivity contribution in [2.24, 2.45) is 0 Å². The first-order chi connectivity index (χ1) is 7.74. The van der Waals surface area contributed by atoms with Crippen LogP contribution in [-0.4, -0.2) is 37.0 Å². The lowest BCUT2D eigenvalue weighted by Gasteiger charge is -2.14. The van der Waals surface area contributed by atoms with Crippen molar-refractivity contribution in [3.8, 4) is 5.75 Å². The summed E-state index contributed by atoms with van der Waals surface area (Å²) in [4.78, 5) is 24.5. The first-order valence-corrected chi connectivity index (χ1v) is 4.96. The van der Waals surface area contributed by atoms with Gasteiger partial charge in [0.25, 0.3) is 5.91 Å². The molecular formula is C11H12N2O3. The van der Waals surface area contributed by atoms with E-state index in [9.17, 15) is 9.59 Å². The molecule has 84 valence electrons. The molecule has 0 bridgehead atoms. The van der Waals surface area contributed by atoms with Gasteiger partial charge in [0.05, 0.1) is 12.7 Å². The van der Waals surface area contributed by atoms with Crippen LogP contribution in [0.15, 0.2) is 24.3 Å². The van der Waals surface area contributed by atoms with Crippen LogP contribution >= 0.6 is 0 Å². The summed E-state index contributed by atoms with van der Waals surface area (Å²) >= 11 is 0. The van der Waals surface area contributed by atoms with Gasteiger partial charge in [-0.05, 0) is 12.1 Å². The highest BCUT2D eigenvalue weighted by atomic mass is 16.5. The van der Waals surface area contributed by atoms with Gasteiger partial charge < -0.3 is 10.1 Å². The fourth-order valence-electron chi connectivity index (χ4n) is 1.63. The van der Waals surface area contributed by atoms with Gasteiger partial charge in [0.2, 0.25) is 0 Å². The van der Waals surface area contributed by atoms with Crippen molar-refractivity contribution in [2.75, 3.05) is 20.2 Å². The highest BCUT2D eigenvalue weighted by Crippen LogP contribution is 2.19. The van der Waals surface area contributed by atoms with E-state index in [1.165, 1.54) is 12.0 Å². The summed E-state index contributed by atoms with van der Waals surface area (Å²) in [5.41, 5.74) is 0.405. The molecule has 2 rings (SSSR count). The van der Waals surface area contributed by atoms with Gasteiger partial charge in [-0.2, -0.15) is 0 Å². The Morgan fingerprint density at radius 2 is 2.19 bits per heavy atom. The average Bonchev–Trinajstić information content (AvgIpc) is 2.74.